The van der Waals surface area contributed by atoms with Crippen LogP contribution in [0.25, 0.3) is 0 Å². The van der Waals surface area contributed by atoms with Crippen LogP contribution in [-0.4, -0.2) is 22.4 Å². The summed E-state index contributed by atoms with van der Waals surface area (Å²) in [6.45, 7) is 3.61. The molecule has 2 nitrogen and oxygen atoms in total. The van der Waals surface area contributed by atoms with E-state index >= 15 is 0 Å². The first-order valence-corrected chi connectivity index (χ1v) is 4.64. The Morgan fingerprint density at radius 2 is 1.33 bits per heavy atom. The van der Waals surface area contributed by atoms with Gasteiger partial charge in [-0.3, -0.25) is 0 Å². The topological polar surface area (TPSA) is 40.5 Å². The van der Waals surface area contributed by atoms with Crippen molar-refractivity contribution in [1.82, 2.24) is 0 Å². The molecule has 1 aliphatic carbocycles. The van der Waals surface area contributed by atoms with E-state index < -0.39 is 0 Å². The smallest absolute Gasteiger partial charge is 0.0546 e. The van der Waals surface area contributed by atoms with Crippen LogP contribution in [0.15, 0.2) is 12.2 Å². The van der Waals surface area contributed by atoms with E-state index in [1.807, 2.05) is 0 Å². The molecule has 2 unspecified atom stereocenters. The monoisotopic (exact) mass is 170 g/mol. The molecular weight excluding hydrogens is 152 g/mol. The van der Waals surface area contributed by atoms with E-state index in [0.29, 0.717) is 0 Å². The Kier molecular flexibility index (Phi) is 3.29. The predicted octanol–water partition coefficient (Wildman–Crippen LogP) is 1.33. The molecule has 0 aromatic heterocycles. The molecule has 0 aliphatic heterocycles. The number of hydrogen-bond donors (Lipinski definition) is 2. The highest BCUT2D eigenvalue weighted by Gasteiger charge is 2.29. The van der Waals surface area contributed by atoms with Gasteiger partial charge in [0.05, 0.1) is 12.2 Å². The van der Waals surface area contributed by atoms with Crippen molar-refractivity contribution in [2.45, 2.75) is 38.9 Å². The van der Waals surface area contributed by atoms with E-state index in [1.165, 1.54) is 0 Å². The third-order valence-electron chi connectivity index (χ3n) is 2.77. The average molecular weight is 170 g/mol. The van der Waals surface area contributed by atoms with Gasteiger partial charge in [0, 0.05) is 0 Å². The van der Waals surface area contributed by atoms with Crippen molar-refractivity contribution in [3.63, 3.8) is 0 Å². The van der Waals surface area contributed by atoms with Gasteiger partial charge in [0.25, 0.3) is 0 Å². The molecule has 1 aliphatic rings. The summed E-state index contributed by atoms with van der Waals surface area (Å²) in [7, 11) is 0. The van der Waals surface area contributed by atoms with Crippen molar-refractivity contribution in [3.05, 3.63) is 12.2 Å². The van der Waals surface area contributed by atoms with E-state index in [9.17, 15) is 10.2 Å². The van der Waals surface area contributed by atoms with Crippen molar-refractivity contribution in [3.8, 4) is 0 Å². The maximum absolute atomic E-state index is 9.45. The number of aliphatic hydroxyl groups excluding tert-OH is 2. The lowest BCUT2D eigenvalue weighted by molar-refractivity contribution is 0.0216. The predicted molar refractivity (Wildman–Crippen MR) is 48.7 cm³/mol. The summed E-state index contributed by atoms with van der Waals surface area (Å²) in [6, 6.07) is 0. The zero-order valence-corrected chi connectivity index (χ0v) is 7.77. The average Bonchev–Trinajstić information content (AvgIpc) is 2.04. The normalized spacial score (nSPS) is 34.7. The van der Waals surface area contributed by atoms with E-state index in [-0.39, 0.29) is 24.0 Å². The minimum absolute atomic E-state index is 0.231. The Morgan fingerprint density at radius 1 is 1.00 bits per heavy atom. The van der Waals surface area contributed by atoms with E-state index in [4.69, 9.17) is 0 Å². The third kappa shape index (κ3) is 2.08. The molecular formula is C10H18O2. The van der Waals surface area contributed by atoms with Gasteiger partial charge in [0.1, 0.15) is 0 Å². The Bertz CT molecular complexity index is 143. The van der Waals surface area contributed by atoms with Crippen LogP contribution in [0.1, 0.15) is 26.7 Å². The van der Waals surface area contributed by atoms with Gasteiger partial charge in [0.2, 0.25) is 0 Å². The van der Waals surface area contributed by atoms with Crippen molar-refractivity contribution in [1.29, 1.82) is 0 Å². The molecule has 2 N–H and O–H groups in total. The standard InChI is InChI=1S/C10H18O2/c1-7(11)9-5-3-4-6-10(9)8(2)12/h3-4,7-12H,5-6H2,1-2H3/t7?,8?,9-,10-/m1/s1. The molecule has 0 aromatic rings. The van der Waals surface area contributed by atoms with Crippen LogP contribution in [0.2, 0.25) is 0 Å². The molecule has 2 heteroatoms. The van der Waals surface area contributed by atoms with Gasteiger partial charge in [-0.05, 0) is 38.5 Å². The highest BCUT2D eigenvalue weighted by molar-refractivity contribution is 4.97. The number of allylic oxidation sites excluding steroid dienone is 2. The molecule has 0 heterocycles. The molecule has 0 saturated heterocycles. The van der Waals surface area contributed by atoms with Crippen LogP contribution >= 0.6 is 0 Å². The molecule has 1 rings (SSSR count). The summed E-state index contributed by atoms with van der Waals surface area (Å²) in [5.41, 5.74) is 0. The van der Waals surface area contributed by atoms with Crippen LogP contribution in [0.5, 0.6) is 0 Å². The zero-order chi connectivity index (χ0) is 9.14. The van der Waals surface area contributed by atoms with Gasteiger partial charge in [0.15, 0.2) is 0 Å². The van der Waals surface area contributed by atoms with Gasteiger partial charge in [-0.1, -0.05) is 12.2 Å². The molecule has 4 atom stereocenters. The Labute approximate surface area is 73.9 Å². The minimum atomic E-state index is -0.311. The second-order valence-electron chi connectivity index (χ2n) is 3.75. The van der Waals surface area contributed by atoms with Crippen molar-refractivity contribution < 1.29 is 10.2 Å². The molecule has 0 fully saturated rings. The zero-order valence-electron chi connectivity index (χ0n) is 7.77. The first kappa shape index (κ1) is 9.75. The Balaban J connectivity index is 2.63. The molecule has 0 radical (unpaired) electrons. The van der Waals surface area contributed by atoms with Gasteiger partial charge < -0.3 is 10.2 Å². The maximum atomic E-state index is 9.45. The number of rotatable bonds is 2. The van der Waals surface area contributed by atoms with Crippen LogP contribution in [0, 0.1) is 11.8 Å². The van der Waals surface area contributed by atoms with E-state index in [1.54, 1.807) is 13.8 Å². The summed E-state index contributed by atoms with van der Waals surface area (Å²) in [5.74, 6) is 0.463. The number of hydrogen-bond acceptors (Lipinski definition) is 2. The molecule has 0 spiro atoms. The highest BCUT2D eigenvalue weighted by atomic mass is 16.3. The lowest BCUT2D eigenvalue weighted by Gasteiger charge is -2.32. The second-order valence-corrected chi connectivity index (χ2v) is 3.75. The van der Waals surface area contributed by atoms with Gasteiger partial charge in [-0.2, -0.15) is 0 Å². The van der Waals surface area contributed by atoms with Gasteiger partial charge in [-0.25, -0.2) is 0 Å². The molecule has 0 amide bonds. The van der Waals surface area contributed by atoms with E-state index in [2.05, 4.69) is 12.2 Å². The Hall–Kier alpha value is -0.340. The van der Waals surface area contributed by atoms with Gasteiger partial charge in [-0.15, -0.1) is 0 Å². The summed E-state index contributed by atoms with van der Waals surface area (Å²) in [5, 5.41) is 18.9. The van der Waals surface area contributed by atoms with Crippen molar-refractivity contribution >= 4 is 0 Å². The molecule has 0 saturated carbocycles. The fourth-order valence-corrected chi connectivity index (χ4v) is 1.97. The quantitative estimate of drug-likeness (QED) is 0.614. The lowest BCUT2D eigenvalue weighted by atomic mass is 9.77. The van der Waals surface area contributed by atoms with Crippen LogP contribution in [0.3, 0.4) is 0 Å². The lowest BCUT2D eigenvalue weighted by Crippen LogP contribution is -2.33. The van der Waals surface area contributed by atoms with Crippen LogP contribution < -0.4 is 0 Å². The first-order chi connectivity index (χ1) is 5.63. The summed E-state index contributed by atoms with van der Waals surface area (Å²) < 4.78 is 0. The highest BCUT2D eigenvalue weighted by Crippen LogP contribution is 2.30. The molecule has 12 heavy (non-hydrogen) atoms. The van der Waals surface area contributed by atoms with E-state index in [0.717, 1.165) is 12.8 Å². The maximum Gasteiger partial charge on any atom is 0.0546 e. The van der Waals surface area contributed by atoms with Crippen LogP contribution in [-0.2, 0) is 0 Å². The summed E-state index contributed by atoms with van der Waals surface area (Å²) in [4.78, 5) is 0. The minimum Gasteiger partial charge on any atom is -0.393 e. The van der Waals surface area contributed by atoms with Crippen molar-refractivity contribution in [2.24, 2.45) is 11.8 Å². The van der Waals surface area contributed by atoms with Gasteiger partial charge >= 0.3 is 0 Å². The SMILES string of the molecule is CC(O)[C@H]1CC=CC[C@@H]1C(C)O. The fraction of sp³-hybridized carbons (Fsp3) is 0.800. The third-order valence-corrected chi connectivity index (χ3v) is 2.77. The van der Waals surface area contributed by atoms with Crippen LogP contribution in [0.4, 0.5) is 0 Å². The second kappa shape index (κ2) is 4.06. The largest absolute Gasteiger partial charge is 0.393 e. The fourth-order valence-electron chi connectivity index (χ4n) is 1.97. The molecule has 0 aromatic carbocycles. The first-order valence-electron chi connectivity index (χ1n) is 4.64. The summed E-state index contributed by atoms with van der Waals surface area (Å²) >= 11 is 0. The van der Waals surface area contributed by atoms with Crippen molar-refractivity contribution in [2.75, 3.05) is 0 Å². The molecule has 0 bridgehead atoms. The Morgan fingerprint density at radius 3 is 1.58 bits per heavy atom. The number of aliphatic hydroxyl groups is 2. The summed E-state index contributed by atoms with van der Waals surface area (Å²) in [6.07, 6.45) is 5.36. The molecule has 70 valence electrons.